The molecule has 2 N–H and O–H groups in total. The fourth-order valence-corrected chi connectivity index (χ4v) is 4.12. The van der Waals surface area contributed by atoms with Crippen LogP contribution in [-0.2, 0) is 13.1 Å². The van der Waals surface area contributed by atoms with Crippen molar-refractivity contribution in [3.8, 4) is 28.5 Å². The van der Waals surface area contributed by atoms with Crippen molar-refractivity contribution in [2.24, 2.45) is 0 Å². The molecule has 0 saturated heterocycles. The molecule has 0 saturated carbocycles. The predicted octanol–water partition coefficient (Wildman–Crippen LogP) is 5.25. The zero-order valence-electron chi connectivity index (χ0n) is 23.2. The second kappa shape index (κ2) is 13.8. The molecule has 0 unspecified atom stereocenters. The largest absolute Gasteiger partial charge is 0.494 e. The lowest BCUT2D eigenvalue weighted by atomic mass is 10.1. The Bertz CT molecular complexity index is 1510. The third-order valence-corrected chi connectivity index (χ3v) is 6.31. The number of nitrogens with one attached hydrogen (secondary N) is 2. The minimum atomic E-state index is -0.325. The second-order valence-corrected chi connectivity index (χ2v) is 9.49. The van der Waals surface area contributed by atoms with Gasteiger partial charge in [-0.15, -0.1) is 0 Å². The molecule has 0 fully saturated rings. The van der Waals surface area contributed by atoms with Gasteiger partial charge in [0.15, 0.2) is 0 Å². The van der Waals surface area contributed by atoms with Crippen LogP contribution in [0.3, 0.4) is 0 Å². The molecule has 0 aliphatic heterocycles. The summed E-state index contributed by atoms with van der Waals surface area (Å²) in [6.45, 7) is 3.01. The Kier molecular flexibility index (Phi) is 9.21. The van der Waals surface area contributed by atoms with Gasteiger partial charge in [0, 0.05) is 49.0 Å². The average molecular weight is 559 g/mol. The average Bonchev–Trinajstić information content (AvgIpc) is 3.06. The van der Waals surface area contributed by atoms with Gasteiger partial charge in [-0.3, -0.25) is 29.5 Å². The number of hydrogen-bond donors (Lipinski definition) is 2. The van der Waals surface area contributed by atoms with Crippen LogP contribution >= 0.6 is 0 Å². The Morgan fingerprint density at radius 1 is 0.643 bits per heavy atom. The molecule has 9 heteroatoms. The number of carbonyl (C=O) groups excluding carboxylic acids is 2. The maximum atomic E-state index is 13.1. The van der Waals surface area contributed by atoms with E-state index in [1.54, 1.807) is 43.0 Å². The maximum absolute atomic E-state index is 13.1. The Balaban J connectivity index is 1.23. The monoisotopic (exact) mass is 558 g/mol. The van der Waals surface area contributed by atoms with Crippen molar-refractivity contribution in [2.45, 2.75) is 26.4 Å². The summed E-state index contributed by atoms with van der Waals surface area (Å²) >= 11 is 0. The van der Waals surface area contributed by atoms with Gasteiger partial charge in [-0.05, 0) is 72.1 Å². The van der Waals surface area contributed by atoms with Crippen molar-refractivity contribution in [2.75, 3.05) is 6.61 Å². The Morgan fingerprint density at radius 3 is 1.55 bits per heavy atom. The van der Waals surface area contributed by atoms with Crippen molar-refractivity contribution in [3.05, 3.63) is 126 Å². The van der Waals surface area contributed by atoms with Gasteiger partial charge in [0.25, 0.3) is 11.8 Å². The molecule has 4 aromatic heterocycles. The SMILES string of the molecule is CCCOc1cc(C(=O)NCc2ccc(-c3ccccn3)nc2)cc(C(=O)NCc2ccc(-c3ccccn3)nc2)c1. The van der Waals surface area contributed by atoms with Gasteiger partial charge in [-0.1, -0.05) is 31.2 Å². The van der Waals surface area contributed by atoms with E-state index < -0.39 is 0 Å². The molecule has 5 rings (SSSR count). The first-order valence-corrected chi connectivity index (χ1v) is 13.7. The zero-order valence-corrected chi connectivity index (χ0v) is 23.2. The van der Waals surface area contributed by atoms with Crippen molar-refractivity contribution in [1.82, 2.24) is 30.6 Å². The molecule has 1 aromatic carbocycles. The quantitative estimate of drug-likeness (QED) is 0.227. The summed E-state index contributed by atoms with van der Waals surface area (Å²) in [4.78, 5) is 43.7. The molecule has 210 valence electrons. The second-order valence-electron chi connectivity index (χ2n) is 9.49. The van der Waals surface area contributed by atoms with Crippen LogP contribution in [0, 0.1) is 0 Å². The fraction of sp³-hybridized carbons (Fsp3) is 0.152. The highest BCUT2D eigenvalue weighted by Crippen LogP contribution is 2.19. The third kappa shape index (κ3) is 7.39. The van der Waals surface area contributed by atoms with E-state index in [4.69, 9.17) is 4.74 Å². The standard InChI is InChI=1S/C33H30N6O3/c1-2-15-42-27-17-25(32(40)38-21-23-9-11-30(36-19-23)28-7-3-5-13-34-28)16-26(18-27)33(41)39-22-24-10-12-31(37-20-24)29-8-4-6-14-35-29/h3-14,16-20H,2,15,21-22H2,1H3,(H,38,40)(H,39,41). The zero-order chi connectivity index (χ0) is 29.1. The highest BCUT2D eigenvalue weighted by Gasteiger charge is 2.15. The number of ether oxygens (including phenoxy) is 1. The molecule has 42 heavy (non-hydrogen) atoms. The lowest BCUT2D eigenvalue weighted by Gasteiger charge is -2.12. The number of nitrogens with zero attached hydrogens (tertiary/aromatic N) is 4. The minimum absolute atomic E-state index is 0.275. The topological polar surface area (TPSA) is 119 Å². The molecule has 0 aliphatic rings. The first-order chi connectivity index (χ1) is 20.6. The number of hydrogen-bond acceptors (Lipinski definition) is 7. The maximum Gasteiger partial charge on any atom is 0.251 e. The van der Waals surface area contributed by atoms with Crippen molar-refractivity contribution >= 4 is 11.8 Å². The van der Waals surface area contributed by atoms with E-state index in [1.165, 1.54) is 0 Å². The van der Waals surface area contributed by atoms with Gasteiger partial charge in [-0.2, -0.15) is 0 Å². The molecule has 2 amide bonds. The van der Waals surface area contributed by atoms with Crippen LogP contribution in [0.25, 0.3) is 22.8 Å². The summed E-state index contributed by atoms with van der Waals surface area (Å²) in [6.07, 6.45) is 7.65. The summed E-state index contributed by atoms with van der Waals surface area (Å²) < 4.78 is 5.78. The Labute approximate surface area is 244 Å². The summed E-state index contributed by atoms with van der Waals surface area (Å²) in [6, 6.07) is 23.7. The first-order valence-electron chi connectivity index (χ1n) is 13.7. The van der Waals surface area contributed by atoms with E-state index in [9.17, 15) is 9.59 Å². The van der Waals surface area contributed by atoms with Gasteiger partial charge in [0.1, 0.15) is 5.75 Å². The molecular formula is C33H30N6O3. The Hall–Kier alpha value is -5.44. The van der Waals surface area contributed by atoms with Crippen molar-refractivity contribution in [3.63, 3.8) is 0 Å². The van der Waals surface area contributed by atoms with Crippen LogP contribution in [0.4, 0.5) is 0 Å². The number of amides is 2. The smallest absolute Gasteiger partial charge is 0.251 e. The van der Waals surface area contributed by atoms with Crippen molar-refractivity contribution in [1.29, 1.82) is 0 Å². The van der Waals surface area contributed by atoms with E-state index >= 15 is 0 Å². The number of benzene rings is 1. The van der Waals surface area contributed by atoms with Crippen LogP contribution < -0.4 is 15.4 Å². The highest BCUT2D eigenvalue weighted by molar-refractivity contribution is 6.00. The molecule has 0 aliphatic carbocycles. The van der Waals surface area contributed by atoms with Crippen LogP contribution in [0.5, 0.6) is 5.75 Å². The van der Waals surface area contributed by atoms with Gasteiger partial charge in [-0.25, -0.2) is 0 Å². The van der Waals surface area contributed by atoms with Gasteiger partial charge in [0.2, 0.25) is 0 Å². The number of pyridine rings is 4. The highest BCUT2D eigenvalue weighted by atomic mass is 16.5. The molecule has 5 aromatic rings. The predicted molar refractivity (Wildman–Crippen MR) is 160 cm³/mol. The van der Waals surface area contributed by atoms with Crippen molar-refractivity contribution < 1.29 is 14.3 Å². The van der Waals surface area contributed by atoms with E-state index in [0.717, 1.165) is 40.3 Å². The van der Waals surface area contributed by atoms with E-state index in [2.05, 4.69) is 30.6 Å². The first kappa shape index (κ1) is 28.1. The normalized spacial score (nSPS) is 10.6. The lowest BCUT2D eigenvalue weighted by Crippen LogP contribution is -2.25. The van der Waals surface area contributed by atoms with Gasteiger partial charge < -0.3 is 15.4 Å². The summed E-state index contributed by atoms with van der Waals surface area (Å²) in [5, 5.41) is 5.81. The molecular weight excluding hydrogens is 528 g/mol. The minimum Gasteiger partial charge on any atom is -0.494 e. The molecule has 0 atom stereocenters. The molecule has 9 nitrogen and oxygen atoms in total. The van der Waals surface area contributed by atoms with Gasteiger partial charge >= 0.3 is 0 Å². The summed E-state index contributed by atoms with van der Waals surface area (Å²) in [7, 11) is 0. The molecule has 0 radical (unpaired) electrons. The summed E-state index contributed by atoms with van der Waals surface area (Å²) in [5.74, 6) is -0.194. The summed E-state index contributed by atoms with van der Waals surface area (Å²) in [5.41, 5.74) is 5.38. The van der Waals surface area contributed by atoms with E-state index in [1.807, 2.05) is 67.6 Å². The Morgan fingerprint density at radius 2 is 1.14 bits per heavy atom. The number of aromatic nitrogens is 4. The fourth-order valence-electron chi connectivity index (χ4n) is 4.12. The van der Waals surface area contributed by atoms with Gasteiger partial charge in [0.05, 0.1) is 29.4 Å². The lowest BCUT2D eigenvalue weighted by molar-refractivity contribution is 0.0950. The molecule has 0 bridgehead atoms. The van der Waals surface area contributed by atoms with Crippen LogP contribution in [-0.4, -0.2) is 38.4 Å². The number of carbonyl (C=O) groups is 2. The number of rotatable bonds is 11. The molecule has 4 heterocycles. The van der Waals surface area contributed by atoms with Crippen LogP contribution in [0.15, 0.2) is 104 Å². The van der Waals surface area contributed by atoms with Crippen LogP contribution in [0.1, 0.15) is 45.2 Å². The van der Waals surface area contributed by atoms with E-state index in [0.29, 0.717) is 23.5 Å². The molecule has 0 spiro atoms. The van der Waals surface area contributed by atoms with Crippen LogP contribution in [0.2, 0.25) is 0 Å². The van der Waals surface area contributed by atoms with E-state index in [-0.39, 0.29) is 24.9 Å². The third-order valence-electron chi connectivity index (χ3n) is 6.31.